The first-order valence-electron chi connectivity index (χ1n) is 5.46. The summed E-state index contributed by atoms with van der Waals surface area (Å²) in [5, 5.41) is 3.61. The van der Waals surface area contributed by atoms with Crippen LogP contribution in [-0.4, -0.2) is 15.6 Å². The van der Waals surface area contributed by atoms with Crippen molar-refractivity contribution < 1.29 is 0 Å². The van der Waals surface area contributed by atoms with Crippen molar-refractivity contribution in [2.24, 2.45) is 13.0 Å². The lowest BCUT2D eigenvalue weighted by Crippen LogP contribution is -2.31. The zero-order valence-electron chi connectivity index (χ0n) is 9.03. The van der Waals surface area contributed by atoms with Gasteiger partial charge in [-0.3, -0.25) is 0 Å². The molecule has 1 aliphatic carbocycles. The predicted octanol–water partition coefficient (Wildman–Crippen LogP) is 1.70. The van der Waals surface area contributed by atoms with Gasteiger partial charge in [0.2, 0.25) is 0 Å². The Labute approximate surface area is 85.5 Å². The van der Waals surface area contributed by atoms with Crippen LogP contribution in [0.25, 0.3) is 0 Å². The summed E-state index contributed by atoms with van der Waals surface area (Å²) in [6.45, 7) is 3.29. The molecular weight excluding hydrogens is 174 g/mol. The second-order valence-corrected chi connectivity index (χ2v) is 4.39. The molecule has 14 heavy (non-hydrogen) atoms. The second-order valence-electron chi connectivity index (χ2n) is 4.39. The molecule has 78 valence electrons. The number of hydrogen-bond donors (Lipinski definition) is 1. The van der Waals surface area contributed by atoms with Gasteiger partial charge in [0, 0.05) is 25.8 Å². The Bertz CT molecular complexity index is 292. The Morgan fingerprint density at radius 1 is 1.57 bits per heavy atom. The van der Waals surface area contributed by atoms with Crippen molar-refractivity contribution in [1.82, 2.24) is 14.9 Å². The number of nitrogens with one attached hydrogen (secondary N) is 1. The second kappa shape index (κ2) is 4.13. The van der Waals surface area contributed by atoms with E-state index < -0.39 is 0 Å². The van der Waals surface area contributed by atoms with Crippen LogP contribution in [0.1, 0.15) is 31.9 Å². The molecule has 1 saturated carbocycles. The summed E-state index contributed by atoms with van der Waals surface area (Å²) in [6, 6.07) is 0.713. The van der Waals surface area contributed by atoms with Gasteiger partial charge in [-0.05, 0) is 18.8 Å². The minimum atomic E-state index is 0.713. The standard InChI is InChI=1S/C11H19N3/c1-9-4-3-5-11(9)13-7-10-6-12-8-14(10)2/h6,8-9,11,13H,3-5,7H2,1-2H3. The summed E-state index contributed by atoms with van der Waals surface area (Å²) in [5.74, 6) is 0.836. The van der Waals surface area contributed by atoms with E-state index in [0.717, 1.165) is 12.5 Å². The molecule has 3 nitrogen and oxygen atoms in total. The van der Waals surface area contributed by atoms with Gasteiger partial charge >= 0.3 is 0 Å². The highest BCUT2D eigenvalue weighted by Crippen LogP contribution is 2.24. The van der Waals surface area contributed by atoms with Crippen LogP contribution >= 0.6 is 0 Å². The Hall–Kier alpha value is -0.830. The molecule has 3 heteroatoms. The SMILES string of the molecule is CC1CCCC1NCc1cncn1C. The third kappa shape index (κ3) is 1.98. The van der Waals surface area contributed by atoms with Crippen LogP contribution in [0.3, 0.4) is 0 Å². The summed E-state index contributed by atoms with van der Waals surface area (Å²) in [5.41, 5.74) is 1.27. The topological polar surface area (TPSA) is 29.9 Å². The van der Waals surface area contributed by atoms with Crippen LogP contribution in [0.2, 0.25) is 0 Å². The molecular formula is C11H19N3. The highest BCUT2D eigenvalue weighted by molar-refractivity contribution is 4.97. The molecule has 0 bridgehead atoms. The first-order chi connectivity index (χ1) is 6.77. The molecule has 1 heterocycles. The summed E-state index contributed by atoms with van der Waals surface area (Å²) >= 11 is 0. The van der Waals surface area contributed by atoms with Gasteiger partial charge in [0.1, 0.15) is 0 Å². The van der Waals surface area contributed by atoms with Crippen LogP contribution in [0, 0.1) is 5.92 Å². The lowest BCUT2D eigenvalue weighted by Gasteiger charge is -2.17. The first-order valence-corrected chi connectivity index (χ1v) is 5.46. The summed E-state index contributed by atoms with van der Waals surface area (Å²) in [6.07, 6.45) is 7.88. The van der Waals surface area contributed by atoms with Crippen molar-refractivity contribution in [3.63, 3.8) is 0 Å². The van der Waals surface area contributed by atoms with Gasteiger partial charge in [-0.1, -0.05) is 13.3 Å². The monoisotopic (exact) mass is 193 g/mol. The Kier molecular flexibility index (Phi) is 2.87. The van der Waals surface area contributed by atoms with E-state index in [1.165, 1.54) is 25.0 Å². The molecule has 0 spiro atoms. The van der Waals surface area contributed by atoms with Gasteiger partial charge < -0.3 is 9.88 Å². The highest BCUT2D eigenvalue weighted by atomic mass is 15.1. The zero-order chi connectivity index (χ0) is 9.97. The van der Waals surface area contributed by atoms with Crippen molar-refractivity contribution in [2.45, 2.75) is 38.8 Å². The Balaban J connectivity index is 1.85. The average Bonchev–Trinajstić information content (AvgIpc) is 2.72. The van der Waals surface area contributed by atoms with Crippen molar-refractivity contribution in [3.05, 3.63) is 18.2 Å². The molecule has 1 aliphatic rings. The minimum Gasteiger partial charge on any atom is -0.337 e. The van der Waals surface area contributed by atoms with Gasteiger partial charge in [0.15, 0.2) is 0 Å². The van der Waals surface area contributed by atoms with Gasteiger partial charge in [-0.15, -0.1) is 0 Å². The molecule has 0 aromatic carbocycles. The molecule has 1 aromatic rings. The first kappa shape index (κ1) is 9.71. The van der Waals surface area contributed by atoms with E-state index >= 15 is 0 Å². The van der Waals surface area contributed by atoms with E-state index in [9.17, 15) is 0 Å². The lowest BCUT2D eigenvalue weighted by molar-refractivity contribution is 0.421. The lowest BCUT2D eigenvalue weighted by atomic mass is 10.1. The summed E-state index contributed by atoms with van der Waals surface area (Å²) in [7, 11) is 2.04. The van der Waals surface area contributed by atoms with E-state index in [2.05, 4.69) is 21.8 Å². The third-order valence-electron chi connectivity index (χ3n) is 3.32. The molecule has 0 amide bonds. The molecule has 1 aromatic heterocycles. The maximum Gasteiger partial charge on any atom is 0.0945 e. The Morgan fingerprint density at radius 3 is 3.00 bits per heavy atom. The summed E-state index contributed by atoms with van der Waals surface area (Å²) in [4.78, 5) is 4.11. The van der Waals surface area contributed by atoms with Crippen LogP contribution in [-0.2, 0) is 13.6 Å². The summed E-state index contributed by atoms with van der Waals surface area (Å²) < 4.78 is 2.08. The molecule has 2 rings (SSSR count). The fourth-order valence-corrected chi connectivity index (χ4v) is 2.24. The largest absolute Gasteiger partial charge is 0.337 e. The van der Waals surface area contributed by atoms with Gasteiger partial charge in [0.25, 0.3) is 0 Å². The smallest absolute Gasteiger partial charge is 0.0945 e. The van der Waals surface area contributed by atoms with Crippen molar-refractivity contribution >= 4 is 0 Å². The molecule has 0 aliphatic heterocycles. The van der Waals surface area contributed by atoms with Crippen molar-refractivity contribution in [3.8, 4) is 0 Å². The number of rotatable bonds is 3. The predicted molar refractivity (Wildman–Crippen MR) is 56.9 cm³/mol. The number of hydrogen-bond acceptors (Lipinski definition) is 2. The molecule has 2 unspecified atom stereocenters. The highest BCUT2D eigenvalue weighted by Gasteiger charge is 2.22. The molecule has 0 saturated heterocycles. The number of imidazole rings is 1. The van der Waals surface area contributed by atoms with Gasteiger partial charge in [0.05, 0.1) is 12.0 Å². The van der Waals surface area contributed by atoms with Crippen LogP contribution < -0.4 is 5.32 Å². The van der Waals surface area contributed by atoms with Gasteiger partial charge in [-0.25, -0.2) is 4.98 Å². The average molecular weight is 193 g/mol. The number of aromatic nitrogens is 2. The maximum absolute atomic E-state index is 4.11. The van der Waals surface area contributed by atoms with Crippen LogP contribution in [0.5, 0.6) is 0 Å². The fraction of sp³-hybridized carbons (Fsp3) is 0.727. The van der Waals surface area contributed by atoms with E-state index in [0.29, 0.717) is 6.04 Å². The zero-order valence-corrected chi connectivity index (χ0v) is 9.03. The van der Waals surface area contributed by atoms with E-state index in [1.807, 2.05) is 19.6 Å². The van der Waals surface area contributed by atoms with Crippen LogP contribution in [0.15, 0.2) is 12.5 Å². The number of nitrogens with zero attached hydrogens (tertiary/aromatic N) is 2. The van der Waals surface area contributed by atoms with E-state index in [4.69, 9.17) is 0 Å². The molecule has 2 atom stereocenters. The third-order valence-corrected chi connectivity index (χ3v) is 3.32. The van der Waals surface area contributed by atoms with Gasteiger partial charge in [-0.2, -0.15) is 0 Å². The van der Waals surface area contributed by atoms with Crippen molar-refractivity contribution in [2.75, 3.05) is 0 Å². The van der Waals surface area contributed by atoms with E-state index in [-0.39, 0.29) is 0 Å². The maximum atomic E-state index is 4.11. The number of aryl methyl sites for hydroxylation is 1. The Morgan fingerprint density at radius 2 is 2.43 bits per heavy atom. The van der Waals surface area contributed by atoms with E-state index in [1.54, 1.807) is 0 Å². The molecule has 1 N–H and O–H groups in total. The van der Waals surface area contributed by atoms with Crippen molar-refractivity contribution in [1.29, 1.82) is 0 Å². The normalized spacial score (nSPS) is 27.0. The fourth-order valence-electron chi connectivity index (χ4n) is 2.24. The quantitative estimate of drug-likeness (QED) is 0.792. The molecule has 1 fully saturated rings. The molecule has 0 radical (unpaired) electrons. The van der Waals surface area contributed by atoms with Crippen LogP contribution in [0.4, 0.5) is 0 Å². The minimum absolute atomic E-state index is 0.713.